The standard InChI is InChI=1S/C14H9ClN2O4/c1-20-11-6-8(7-16)2-4-10(11)21-12-5-3-9(15)13(17-12)14(18)19/h2-6H,1H3,(H,18,19). The van der Waals surface area contributed by atoms with E-state index in [2.05, 4.69) is 4.98 Å². The van der Waals surface area contributed by atoms with Crippen LogP contribution in [0.3, 0.4) is 0 Å². The van der Waals surface area contributed by atoms with Crippen molar-refractivity contribution >= 4 is 17.6 Å². The zero-order chi connectivity index (χ0) is 15.4. The zero-order valence-corrected chi connectivity index (χ0v) is 11.6. The van der Waals surface area contributed by atoms with E-state index in [4.69, 9.17) is 31.4 Å². The van der Waals surface area contributed by atoms with Crippen LogP contribution in [0.4, 0.5) is 0 Å². The Hall–Kier alpha value is -2.78. The number of rotatable bonds is 4. The van der Waals surface area contributed by atoms with Crippen LogP contribution in [0.2, 0.25) is 5.02 Å². The van der Waals surface area contributed by atoms with E-state index >= 15 is 0 Å². The molecule has 0 unspecified atom stereocenters. The molecule has 0 saturated heterocycles. The van der Waals surface area contributed by atoms with Crippen molar-refractivity contribution in [1.82, 2.24) is 4.98 Å². The first-order chi connectivity index (χ1) is 10.0. The molecule has 0 radical (unpaired) electrons. The number of carbonyl (C=O) groups is 1. The highest BCUT2D eigenvalue weighted by atomic mass is 35.5. The fourth-order valence-electron chi connectivity index (χ4n) is 1.57. The molecule has 106 valence electrons. The quantitative estimate of drug-likeness (QED) is 0.933. The number of nitrogens with zero attached hydrogens (tertiary/aromatic N) is 2. The van der Waals surface area contributed by atoms with Gasteiger partial charge in [0.25, 0.3) is 0 Å². The third kappa shape index (κ3) is 3.22. The monoisotopic (exact) mass is 304 g/mol. The number of carboxylic acid groups (broad SMARTS) is 1. The van der Waals surface area contributed by atoms with Crippen molar-refractivity contribution in [3.05, 3.63) is 46.6 Å². The number of hydrogen-bond acceptors (Lipinski definition) is 5. The van der Waals surface area contributed by atoms with E-state index in [9.17, 15) is 4.79 Å². The second-order valence-electron chi connectivity index (χ2n) is 3.86. The Morgan fingerprint density at radius 3 is 2.71 bits per heavy atom. The summed E-state index contributed by atoms with van der Waals surface area (Å²) in [7, 11) is 1.43. The molecule has 0 amide bonds. The second-order valence-corrected chi connectivity index (χ2v) is 4.27. The number of ether oxygens (including phenoxy) is 2. The number of pyridine rings is 1. The zero-order valence-electron chi connectivity index (χ0n) is 10.8. The highest BCUT2D eigenvalue weighted by Gasteiger charge is 2.14. The molecule has 0 atom stereocenters. The third-order valence-corrected chi connectivity index (χ3v) is 2.84. The molecule has 1 aromatic heterocycles. The van der Waals surface area contributed by atoms with Gasteiger partial charge in [0, 0.05) is 12.1 Å². The van der Waals surface area contributed by atoms with Crippen molar-refractivity contribution in [2.75, 3.05) is 7.11 Å². The molecule has 21 heavy (non-hydrogen) atoms. The molecule has 2 aromatic rings. The van der Waals surface area contributed by atoms with Gasteiger partial charge in [0.1, 0.15) is 0 Å². The molecule has 1 aromatic carbocycles. The number of hydrogen-bond donors (Lipinski definition) is 1. The summed E-state index contributed by atoms with van der Waals surface area (Å²) in [6.07, 6.45) is 0. The predicted octanol–water partition coefficient (Wildman–Crippen LogP) is 3.11. The lowest BCUT2D eigenvalue weighted by atomic mass is 10.2. The molecule has 0 spiro atoms. The Morgan fingerprint density at radius 1 is 1.33 bits per heavy atom. The Labute approximate surface area is 125 Å². The van der Waals surface area contributed by atoms with Crippen molar-refractivity contribution in [3.63, 3.8) is 0 Å². The van der Waals surface area contributed by atoms with Gasteiger partial charge < -0.3 is 14.6 Å². The van der Waals surface area contributed by atoms with Crippen molar-refractivity contribution in [1.29, 1.82) is 5.26 Å². The SMILES string of the molecule is COc1cc(C#N)ccc1Oc1ccc(Cl)c(C(=O)O)n1. The molecule has 0 aliphatic carbocycles. The van der Waals surface area contributed by atoms with Gasteiger partial charge in [-0.25, -0.2) is 9.78 Å². The summed E-state index contributed by atoms with van der Waals surface area (Å²) in [5.74, 6) is -0.553. The van der Waals surface area contributed by atoms with Gasteiger partial charge >= 0.3 is 5.97 Å². The van der Waals surface area contributed by atoms with Gasteiger partial charge in [-0.1, -0.05) is 11.6 Å². The largest absolute Gasteiger partial charge is 0.493 e. The lowest BCUT2D eigenvalue weighted by molar-refractivity contribution is 0.0690. The van der Waals surface area contributed by atoms with Gasteiger partial charge in [0.15, 0.2) is 17.2 Å². The fraction of sp³-hybridized carbons (Fsp3) is 0.0714. The first-order valence-corrected chi connectivity index (χ1v) is 6.08. The summed E-state index contributed by atoms with van der Waals surface area (Å²) < 4.78 is 10.6. The maximum absolute atomic E-state index is 11.0. The third-order valence-electron chi connectivity index (χ3n) is 2.53. The highest BCUT2D eigenvalue weighted by Crippen LogP contribution is 2.32. The molecule has 1 heterocycles. The smallest absolute Gasteiger partial charge is 0.356 e. The van der Waals surface area contributed by atoms with Crippen LogP contribution >= 0.6 is 11.6 Å². The van der Waals surface area contributed by atoms with E-state index in [0.29, 0.717) is 17.1 Å². The molecule has 1 N–H and O–H groups in total. The molecule has 0 aliphatic rings. The van der Waals surface area contributed by atoms with Crippen molar-refractivity contribution < 1.29 is 19.4 Å². The van der Waals surface area contributed by atoms with E-state index in [1.807, 2.05) is 6.07 Å². The molecule has 0 saturated carbocycles. The maximum Gasteiger partial charge on any atom is 0.356 e. The van der Waals surface area contributed by atoms with Gasteiger partial charge in [-0.05, 0) is 18.2 Å². The highest BCUT2D eigenvalue weighted by molar-refractivity contribution is 6.33. The Morgan fingerprint density at radius 2 is 2.10 bits per heavy atom. The fourth-order valence-corrected chi connectivity index (χ4v) is 1.75. The first-order valence-electron chi connectivity index (χ1n) is 5.71. The van der Waals surface area contributed by atoms with Crippen LogP contribution in [0.1, 0.15) is 16.1 Å². The summed E-state index contributed by atoms with van der Waals surface area (Å²) in [6.45, 7) is 0. The van der Waals surface area contributed by atoms with E-state index in [1.54, 1.807) is 6.07 Å². The van der Waals surface area contributed by atoms with Crippen LogP contribution in [-0.2, 0) is 0 Å². The van der Waals surface area contributed by atoms with E-state index in [-0.39, 0.29) is 16.6 Å². The number of aromatic carboxylic acids is 1. The predicted molar refractivity (Wildman–Crippen MR) is 74.0 cm³/mol. The molecule has 0 bridgehead atoms. The summed E-state index contributed by atoms with van der Waals surface area (Å²) in [5.41, 5.74) is 0.108. The summed E-state index contributed by atoms with van der Waals surface area (Å²) in [5, 5.41) is 17.8. The lowest BCUT2D eigenvalue weighted by Gasteiger charge is -2.10. The van der Waals surface area contributed by atoms with Crippen molar-refractivity contribution in [2.24, 2.45) is 0 Å². The van der Waals surface area contributed by atoms with E-state index in [0.717, 1.165) is 0 Å². The summed E-state index contributed by atoms with van der Waals surface area (Å²) in [4.78, 5) is 14.8. The van der Waals surface area contributed by atoms with Gasteiger partial charge in [-0.15, -0.1) is 0 Å². The van der Waals surface area contributed by atoms with Gasteiger partial charge in [-0.2, -0.15) is 5.26 Å². The molecule has 0 aliphatic heterocycles. The van der Waals surface area contributed by atoms with Gasteiger partial charge in [0.2, 0.25) is 5.88 Å². The Bertz CT molecular complexity index is 740. The van der Waals surface area contributed by atoms with E-state index in [1.165, 1.54) is 31.4 Å². The van der Waals surface area contributed by atoms with Crippen molar-refractivity contribution in [2.45, 2.75) is 0 Å². The van der Waals surface area contributed by atoms with Crippen LogP contribution in [-0.4, -0.2) is 23.2 Å². The number of benzene rings is 1. The molecular weight excluding hydrogens is 296 g/mol. The average molecular weight is 305 g/mol. The topological polar surface area (TPSA) is 92.4 Å². The van der Waals surface area contributed by atoms with Gasteiger partial charge in [0.05, 0.1) is 23.8 Å². The minimum atomic E-state index is -1.25. The van der Waals surface area contributed by atoms with E-state index < -0.39 is 5.97 Å². The summed E-state index contributed by atoms with van der Waals surface area (Å²) >= 11 is 5.73. The number of halogens is 1. The number of nitriles is 1. The first kappa shape index (κ1) is 14.6. The maximum atomic E-state index is 11.0. The summed E-state index contributed by atoms with van der Waals surface area (Å²) in [6, 6.07) is 9.38. The van der Waals surface area contributed by atoms with Crippen molar-refractivity contribution in [3.8, 4) is 23.4 Å². The number of methoxy groups -OCH3 is 1. The Balaban J connectivity index is 2.37. The lowest BCUT2D eigenvalue weighted by Crippen LogP contribution is -2.02. The second kappa shape index (κ2) is 6.11. The van der Waals surface area contributed by atoms with Crippen LogP contribution in [0.5, 0.6) is 17.4 Å². The molecular formula is C14H9ClN2O4. The van der Waals surface area contributed by atoms with Crippen LogP contribution in [0.15, 0.2) is 30.3 Å². The number of aromatic nitrogens is 1. The Kier molecular flexibility index (Phi) is 4.26. The molecule has 7 heteroatoms. The molecule has 0 fully saturated rings. The molecule has 2 rings (SSSR count). The number of carboxylic acids is 1. The van der Waals surface area contributed by atoms with Gasteiger partial charge in [-0.3, -0.25) is 0 Å². The average Bonchev–Trinajstić information content (AvgIpc) is 2.49. The van der Waals surface area contributed by atoms with Crippen LogP contribution in [0.25, 0.3) is 0 Å². The minimum absolute atomic E-state index is 0.0154. The normalized spacial score (nSPS) is 9.76. The van der Waals surface area contributed by atoms with Crippen LogP contribution in [0, 0.1) is 11.3 Å². The minimum Gasteiger partial charge on any atom is -0.493 e. The van der Waals surface area contributed by atoms with Crippen LogP contribution < -0.4 is 9.47 Å². The molecule has 6 nitrogen and oxygen atoms in total.